The van der Waals surface area contributed by atoms with Crippen LogP contribution in [0.15, 0.2) is 30.5 Å². The molecule has 1 nitrogen and oxygen atoms in total. The van der Waals surface area contributed by atoms with Gasteiger partial charge < -0.3 is 17.3 Å². The lowest BCUT2D eigenvalue weighted by molar-refractivity contribution is -0.777. The molecule has 1 atom stereocenters. The first-order valence-electron chi connectivity index (χ1n) is 9.97. The molecule has 1 aliphatic rings. The van der Waals surface area contributed by atoms with Crippen LogP contribution in [0.5, 0.6) is 0 Å². The lowest BCUT2D eigenvalue weighted by Crippen LogP contribution is -3.03. The molecule has 2 aromatic rings. The predicted octanol–water partition coefficient (Wildman–Crippen LogP) is 6.19. The van der Waals surface area contributed by atoms with Crippen molar-refractivity contribution in [2.45, 2.75) is 54.4 Å². The topological polar surface area (TPSA) is 4.44 Å². The third-order valence-electron chi connectivity index (χ3n) is 5.24. The molecule has 29 heavy (non-hydrogen) atoms. The largest absolute Gasteiger partial charge is 0.673 e. The SMILES string of the molecule is Cc1cc(C)c(C2=C[NH+](c3c(C)cc(C)cc3C)CCC2)c(C)c1.F[B-](F)(F)F. The van der Waals surface area contributed by atoms with Crippen molar-refractivity contribution in [3.8, 4) is 0 Å². The second kappa shape index (κ2) is 9.16. The number of nitrogens with one attached hydrogen (secondary N) is 1. The zero-order valence-corrected chi connectivity index (χ0v) is 18.1. The second-order valence-electron chi connectivity index (χ2n) is 8.09. The monoisotopic (exact) mass is 407 g/mol. The van der Waals surface area contributed by atoms with E-state index in [1.807, 2.05) is 0 Å². The molecule has 0 spiro atoms. The zero-order valence-electron chi connectivity index (χ0n) is 18.1. The van der Waals surface area contributed by atoms with Gasteiger partial charge in [-0.1, -0.05) is 35.4 Å². The van der Waals surface area contributed by atoms with E-state index in [0.29, 0.717) is 0 Å². The van der Waals surface area contributed by atoms with E-state index in [2.05, 4.69) is 72.0 Å². The van der Waals surface area contributed by atoms with Crippen molar-refractivity contribution >= 4 is 18.5 Å². The number of aryl methyl sites for hydroxylation is 6. The minimum atomic E-state index is -6.00. The summed E-state index contributed by atoms with van der Waals surface area (Å²) in [5.41, 5.74) is 12.8. The van der Waals surface area contributed by atoms with Gasteiger partial charge in [0.15, 0.2) is 0 Å². The van der Waals surface area contributed by atoms with Gasteiger partial charge in [-0.25, -0.2) is 0 Å². The van der Waals surface area contributed by atoms with Crippen molar-refractivity contribution in [2.24, 2.45) is 0 Å². The summed E-state index contributed by atoms with van der Waals surface area (Å²) in [6.45, 7) is 14.6. The van der Waals surface area contributed by atoms with Crippen LogP contribution < -0.4 is 4.90 Å². The first-order valence-corrected chi connectivity index (χ1v) is 9.97. The quantitative estimate of drug-likeness (QED) is 0.447. The zero-order chi connectivity index (χ0) is 21.9. The van der Waals surface area contributed by atoms with E-state index < -0.39 is 7.25 Å². The van der Waals surface area contributed by atoms with E-state index in [1.54, 1.807) is 0 Å². The summed E-state index contributed by atoms with van der Waals surface area (Å²) in [5.74, 6) is 0. The van der Waals surface area contributed by atoms with Crippen molar-refractivity contribution in [1.29, 1.82) is 0 Å². The van der Waals surface area contributed by atoms with Crippen LogP contribution in [0.4, 0.5) is 23.0 Å². The van der Waals surface area contributed by atoms with Crippen molar-refractivity contribution in [3.05, 3.63) is 69.4 Å². The summed E-state index contributed by atoms with van der Waals surface area (Å²) in [6, 6.07) is 9.28. The van der Waals surface area contributed by atoms with Gasteiger partial charge in [0.05, 0.1) is 6.54 Å². The van der Waals surface area contributed by atoms with Crippen LogP contribution in [-0.4, -0.2) is 13.8 Å². The van der Waals surface area contributed by atoms with Crippen LogP contribution in [-0.2, 0) is 0 Å². The maximum atomic E-state index is 9.75. The molecule has 0 aromatic heterocycles. The van der Waals surface area contributed by atoms with Crippen molar-refractivity contribution in [2.75, 3.05) is 6.54 Å². The normalized spacial score (nSPS) is 16.8. The molecule has 2 aromatic carbocycles. The lowest BCUT2D eigenvalue weighted by atomic mass is 9.90. The molecule has 1 unspecified atom stereocenters. The Bertz CT molecular complexity index is 864. The molecule has 0 aliphatic carbocycles. The number of hydrogen-bond donors (Lipinski definition) is 1. The van der Waals surface area contributed by atoms with Gasteiger partial charge in [0.25, 0.3) is 0 Å². The summed E-state index contributed by atoms with van der Waals surface area (Å²) in [4.78, 5) is 1.52. The molecule has 0 fully saturated rings. The number of allylic oxidation sites excluding steroid dienone is 1. The van der Waals surface area contributed by atoms with Gasteiger partial charge in [0, 0.05) is 23.1 Å². The first kappa shape index (κ1) is 23.2. The lowest BCUT2D eigenvalue weighted by Gasteiger charge is -2.26. The van der Waals surface area contributed by atoms with Crippen LogP contribution in [0.2, 0.25) is 0 Å². The highest BCUT2D eigenvalue weighted by atomic mass is 19.5. The molecule has 6 heteroatoms. The van der Waals surface area contributed by atoms with Crippen molar-refractivity contribution < 1.29 is 22.2 Å². The molecular weight excluding hydrogens is 377 g/mol. The first-order chi connectivity index (χ1) is 13.4. The maximum absolute atomic E-state index is 9.75. The van der Waals surface area contributed by atoms with E-state index in [9.17, 15) is 17.3 Å². The summed E-state index contributed by atoms with van der Waals surface area (Å²) >= 11 is 0. The van der Waals surface area contributed by atoms with Gasteiger partial charge in [-0.3, -0.25) is 4.90 Å². The van der Waals surface area contributed by atoms with Gasteiger partial charge >= 0.3 is 7.25 Å². The van der Waals surface area contributed by atoms with Crippen molar-refractivity contribution in [1.82, 2.24) is 0 Å². The Morgan fingerprint density at radius 2 is 1.14 bits per heavy atom. The highest BCUT2D eigenvalue weighted by Crippen LogP contribution is 2.29. The Kier molecular flexibility index (Phi) is 7.33. The van der Waals surface area contributed by atoms with Gasteiger partial charge in [-0.15, -0.1) is 0 Å². The second-order valence-corrected chi connectivity index (χ2v) is 8.09. The van der Waals surface area contributed by atoms with Gasteiger partial charge in [0.1, 0.15) is 11.9 Å². The van der Waals surface area contributed by atoms with Crippen LogP contribution in [0.3, 0.4) is 0 Å². The number of halogens is 4. The molecule has 1 aliphatic heterocycles. The molecule has 0 saturated heterocycles. The Morgan fingerprint density at radius 3 is 1.59 bits per heavy atom. The fraction of sp³-hybridized carbons (Fsp3) is 0.391. The van der Waals surface area contributed by atoms with E-state index in [1.165, 1.54) is 74.5 Å². The Balaban J connectivity index is 0.000000537. The summed E-state index contributed by atoms with van der Waals surface area (Å²) in [7, 11) is -6.00. The highest BCUT2D eigenvalue weighted by Gasteiger charge is 2.23. The molecule has 158 valence electrons. The molecule has 0 amide bonds. The molecule has 0 radical (unpaired) electrons. The number of hydrogen-bond acceptors (Lipinski definition) is 0. The van der Waals surface area contributed by atoms with E-state index >= 15 is 0 Å². The Hall–Kier alpha value is -2.08. The molecule has 0 bridgehead atoms. The molecule has 3 rings (SSSR count). The number of benzene rings is 2. The van der Waals surface area contributed by atoms with Crippen LogP contribution in [0.25, 0.3) is 5.57 Å². The van der Waals surface area contributed by atoms with Gasteiger partial charge in [0.2, 0.25) is 0 Å². The predicted molar refractivity (Wildman–Crippen MR) is 114 cm³/mol. The number of quaternary nitrogens is 1. The average Bonchev–Trinajstić information content (AvgIpc) is 2.51. The fourth-order valence-electron chi connectivity index (χ4n) is 4.59. The summed E-state index contributed by atoms with van der Waals surface area (Å²) in [6.07, 6.45) is 4.93. The molecule has 1 N–H and O–H groups in total. The Morgan fingerprint density at radius 1 is 0.724 bits per heavy atom. The standard InChI is InChI=1S/C23H29N.BF4/c1-15-10-17(3)22(18(4)11-15)21-8-7-9-24(14-21)23-19(5)12-16(2)13-20(23)6;2-1(3,4)5/h10-14H,7-9H2,1-6H3;/q;-1/p+1. The van der Waals surface area contributed by atoms with E-state index in [0.717, 1.165) is 0 Å². The maximum Gasteiger partial charge on any atom is 0.673 e. The molecule has 1 heterocycles. The third kappa shape index (κ3) is 6.46. The van der Waals surface area contributed by atoms with Gasteiger partial charge in [-0.05, 0) is 64.7 Å². The minimum absolute atomic E-state index is 1.19. The van der Waals surface area contributed by atoms with E-state index in [4.69, 9.17) is 0 Å². The minimum Gasteiger partial charge on any atom is -0.418 e. The number of rotatable bonds is 2. The fourth-order valence-corrected chi connectivity index (χ4v) is 4.59. The van der Waals surface area contributed by atoms with Gasteiger partial charge in [-0.2, -0.15) is 0 Å². The summed E-state index contributed by atoms with van der Waals surface area (Å²) in [5, 5.41) is 0. The third-order valence-corrected chi connectivity index (χ3v) is 5.24. The van der Waals surface area contributed by atoms with E-state index in [-0.39, 0.29) is 0 Å². The van der Waals surface area contributed by atoms with Crippen molar-refractivity contribution in [3.63, 3.8) is 0 Å². The average molecular weight is 407 g/mol. The van der Waals surface area contributed by atoms with Crippen LogP contribution >= 0.6 is 0 Å². The van der Waals surface area contributed by atoms with Crippen LogP contribution in [0, 0.1) is 41.5 Å². The Labute approximate surface area is 171 Å². The smallest absolute Gasteiger partial charge is 0.418 e. The highest BCUT2D eigenvalue weighted by molar-refractivity contribution is 6.50. The molecular formula is C23H30BF4N. The summed E-state index contributed by atoms with van der Waals surface area (Å²) < 4.78 is 39.0. The molecule has 0 saturated carbocycles. The van der Waals surface area contributed by atoms with Crippen LogP contribution in [0.1, 0.15) is 51.8 Å².